The topological polar surface area (TPSA) is 276 Å². The van der Waals surface area contributed by atoms with Crippen LogP contribution in [0.4, 0.5) is 26.2 Å². The summed E-state index contributed by atoms with van der Waals surface area (Å²) in [7, 11) is -15.6. The molecule has 6 N–H and O–H groups in total. The average molecular weight is 730 g/mol. The molecule has 0 spiro atoms. The van der Waals surface area contributed by atoms with Crippen molar-refractivity contribution in [3.8, 4) is 22.9 Å². The number of fused-ring (bicyclic) bond motifs is 1. The summed E-state index contributed by atoms with van der Waals surface area (Å²) in [6.07, 6.45) is -0.757. The molecule has 0 aliphatic heterocycles. The number of carbonyl (C=O) groups is 1. The minimum atomic E-state index is -5.24. The monoisotopic (exact) mass is 729 g/mol. The molecule has 0 atom stereocenters. The number of ether oxygens (including phenoxy) is 1. The van der Waals surface area contributed by atoms with E-state index in [1.165, 1.54) is 24.3 Å². The Balaban J connectivity index is 1.57. The number of nitrogens with zero attached hydrogens (tertiary/aromatic N) is 3. The molecule has 0 aliphatic rings. The Bertz CT molecular complexity index is 2510. The fourth-order valence-electron chi connectivity index (χ4n) is 4.44. The van der Waals surface area contributed by atoms with E-state index in [1.54, 1.807) is 30.3 Å². The Morgan fingerprint density at radius 2 is 1.42 bits per heavy atom. The Morgan fingerprint density at radius 1 is 0.812 bits per heavy atom. The van der Waals surface area contributed by atoms with E-state index in [0.717, 1.165) is 23.5 Å². The van der Waals surface area contributed by atoms with E-state index < -0.39 is 67.6 Å². The zero-order valence-electron chi connectivity index (χ0n) is 23.7. The molecular formula is C28H19N5O11S4. The Labute approximate surface area is 276 Å². The first-order valence-corrected chi connectivity index (χ1v) is 18.0. The van der Waals surface area contributed by atoms with Crippen molar-refractivity contribution >= 4 is 79.9 Å². The van der Waals surface area contributed by atoms with Crippen molar-refractivity contribution in [3.05, 3.63) is 84.4 Å². The van der Waals surface area contributed by atoms with Crippen LogP contribution in [0.2, 0.25) is 0 Å². The van der Waals surface area contributed by atoms with Gasteiger partial charge in [0.15, 0.2) is 0 Å². The molecule has 0 fully saturated rings. The van der Waals surface area contributed by atoms with Crippen molar-refractivity contribution < 1.29 is 48.4 Å². The smallest absolute Gasteiger partial charge is 0.410 e. The third-order valence-electron chi connectivity index (χ3n) is 6.46. The average Bonchev–Trinajstić information content (AvgIpc) is 3.33. The number of nitrogens with one attached hydrogen (secondary N) is 1. The minimum absolute atomic E-state index is 0.0154. The third kappa shape index (κ3) is 7.32. The van der Waals surface area contributed by atoms with Gasteiger partial charge >= 0.3 is 6.09 Å². The van der Waals surface area contributed by atoms with Crippen LogP contribution in [0.1, 0.15) is 5.56 Å². The molecule has 48 heavy (non-hydrogen) atoms. The number of hydrogen-bond acceptors (Lipinski definition) is 13. The number of hydrogen-bond donors (Lipinski definition) is 5. The molecule has 0 aliphatic carbocycles. The standard InChI is InChI=1S/C28H19N5O11S4/c29-14-22-25(15-6-8-16(9-7-15)31-28(34)44-18-4-2-1-3-5-18)27(45-26(22)30)33-32-17-10-20-21(23(11-17)47(38,39)40)12-19(46(35,36)37)13-24(20)48(41,42)43/h1-13H,30H2,(H,31,34)(H,35,36,37)(H,38,39,40)(H,41,42,43)/b33-32+. The van der Waals surface area contributed by atoms with Crippen LogP contribution in [0.5, 0.6) is 5.75 Å². The first-order chi connectivity index (χ1) is 22.5. The van der Waals surface area contributed by atoms with Gasteiger partial charge in [-0.15, -0.1) is 10.2 Å². The number of benzene rings is 4. The van der Waals surface area contributed by atoms with Crippen molar-refractivity contribution in [1.29, 1.82) is 5.26 Å². The highest BCUT2D eigenvalue weighted by Gasteiger charge is 2.26. The molecule has 0 saturated carbocycles. The minimum Gasteiger partial charge on any atom is -0.410 e. The van der Waals surface area contributed by atoms with Crippen LogP contribution in [-0.4, -0.2) is 45.0 Å². The molecule has 5 aromatic rings. The van der Waals surface area contributed by atoms with Gasteiger partial charge in [-0.1, -0.05) is 41.7 Å². The second kappa shape index (κ2) is 12.7. The van der Waals surface area contributed by atoms with Gasteiger partial charge in [0.1, 0.15) is 31.6 Å². The zero-order valence-corrected chi connectivity index (χ0v) is 26.9. The summed E-state index contributed by atoms with van der Waals surface area (Å²) in [6, 6.07) is 19.0. The van der Waals surface area contributed by atoms with Gasteiger partial charge in [-0.25, -0.2) is 4.79 Å². The van der Waals surface area contributed by atoms with Crippen LogP contribution in [0.15, 0.2) is 104 Å². The van der Waals surface area contributed by atoms with Crippen molar-refractivity contribution in [1.82, 2.24) is 0 Å². The van der Waals surface area contributed by atoms with E-state index in [-0.39, 0.29) is 21.1 Å². The SMILES string of the molecule is N#Cc1c(N)sc(/N=N/c2cc(S(=O)(=O)O)c3cc(S(=O)(=O)O)cc(S(=O)(=O)O)c3c2)c1-c1ccc(NC(=O)Oc2ccccc2)cc1. The van der Waals surface area contributed by atoms with E-state index in [2.05, 4.69) is 15.5 Å². The second-order valence-corrected chi connectivity index (χ2v) is 14.9. The van der Waals surface area contributed by atoms with Gasteiger partial charge in [-0.05, 0) is 54.1 Å². The number of rotatable bonds is 8. The molecular weight excluding hydrogens is 711 g/mol. The maximum Gasteiger partial charge on any atom is 0.417 e. The van der Waals surface area contributed by atoms with Gasteiger partial charge in [0.05, 0.1) is 16.1 Å². The predicted octanol–water partition coefficient (Wildman–Crippen LogP) is 5.79. The first-order valence-electron chi connectivity index (χ1n) is 12.9. The molecule has 1 aromatic heterocycles. The molecule has 0 bridgehead atoms. The molecule has 1 heterocycles. The summed E-state index contributed by atoms with van der Waals surface area (Å²) in [5.41, 5.74) is 6.61. The molecule has 0 saturated heterocycles. The summed E-state index contributed by atoms with van der Waals surface area (Å²) in [5, 5.41) is 19.2. The van der Waals surface area contributed by atoms with Gasteiger partial charge < -0.3 is 10.5 Å². The van der Waals surface area contributed by atoms with Gasteiger partial charge in [0, 0.05) is 22.0 Å². The van der Waals surface area contributed by atoms with Crippen LogP contribution in [0.3, 0.4) is 0 Å². The maximum atomic E-state index is 12.3. The highest BCUT2D eigenvalue weighted by atomic mass is 32.2. The number of carbonyl (C=O) groups excluding carboxylic acids is 1. The Hall–Kier alpha value is -5.27. The van der Waals surface area contributed by atoms with Crippen LogP contribution < -0.4 is 15.8 Å². The first kappa shape index (κ1) is 34.1. The number of nitrogens with two attached hydrogens (primary N) is 1. The van der Waals surface area contributed by atoms with Crippen molar-refractivity contribution in [3.63, 3.8) is 0 Å². The lowest BCUT2D eigenvalue weighted by Crippen LogP contribution is -2.16. The van der Waals surface area contributed by atoms with Gasteiger partial charge in [0.25, 0.3) is 30.4 Å². The molecule has 0 unspecified atom stereocenters. The summed E-state index contributed by atoms with van der Waals surface area (Å²) < 4.78 is 107. The van der Waals surface area contributed by atoms with Crippen molar-refractivity contribution in [2.75, 3.05) is 11.1 Å². The lowest BCUT2D eigenvalue weighted by Gasteiger charge is -2.11. The molecule has 5 rings (SSSR count). The Kier molecular flexibility index (Phi) is 9.04. The quantitative estimate of drug-likeness (QED) is 0.0935. The predicted molar refractivity (Wildman–Crippen MR) is 173 cm³/mol. The number of azo groups is 1. The lowest BCUT2D eigenvalue weighted by atomic mass is 10.0. The largest absolute Gasteiger partial charge is 0.417 e. The normalized spacial score (nSPS) is 12.2. The van der Waals surface area contributed by atoms with Crippen LogP contribution in [0, 0.1) is 11.3 Å². The highest BCUT2D eigenvalue weighted by molar-refractivity contribution is 7.87. The van der Waals surface area contributed by atoms with Crippen molar-refractivity contribution in [2.45, 2.75) is 14.7 Å². The Morgan fingerprint density at radius 3 is 2.00 bits per heavy atom. The summed E-state index contributed by atoms with van der Waals surface area (Å²) >= 11 is 0.828. The van der Waals surface area contributed by atoms with E-state index in [4.69, 9.17) is 10.5 Å². The van der Waals surface area contributed by atoms with E-state index in [9.17, 15) is 49.0 Å². The van der Waals surface area contributed by atoms with E-state index in [0.29, 0.717) is 29.1 Å². The molecule has 20 heteroatoms. The number of anilines is 2. The van der Waals surface area contributed by atoms with Gasteiger partial charge in [-0.2, -0.15) is 30.5 Å². The number of amides is 1. The summed E-state index contributed by atoms with van der Waals surface area (Å²) in [5.74, 6) is 0.321. The number of nitrogen functional groups attached to an aromatic ring is 1. The molecule has 0 radical (unpaired) electrons. The lowest BCUT2D eigenvalue weighted by molar-refractivity contribution is 0.215. The second-order valence-electron chi connectivity index (χ2n) is 9.62. The molecule has 16 nitrogen and oxygen atoms in total. The number of para-hydroxylation sites is 1. The fraction of sp³-hybridized carbons (Fsp3) is 0. The number of nitriles is 1. The van der Waals surface area contributed by atoms with E-state index in [1.807, 2.05) is 6.07 Å². The van der Waals surface area contributed by atoms with Gasteiger partial charge in [0.2, 0.25) is 0 Å². The van der Waals surface area contributed by atoms with Gasteiger partial charge in [-0.3, -0.25) is 19.0 Å². The summed E-state index contributed by atoms with van der Waals surface area (Å²) in [4.78, 5) is 9.03. The van der Waals surface area contributed by atoms with Crippen LogP contribution in [-0.2, 0) is 30.4 Å². The van der Waals surface area contributed by atoms with Crippen LogP contribution in [0.25, 0.3) is 21.9 Å². The highest BCUT2D eigenvalue weighted by Crippen LogP contribution is 2.45. The van der Waals surface area contributed by atoms with Crippen molar-refractivity contribution in [2.24, 2.45) is 10.2 Å². The van der Waals surface area contributed by atoms with Crippen LogP contribution >= 0.6 is 11.3 Å². The van der Waals surface area contributed by atoms with E-state index >= 15 is 0 Å². The zero-order chi connectivity index (χ0) is 35.0. The number of thiophene rings is 1. The third-order valence-corrected chi connectivity index (χ3v) is 9.99. The molecule has 4 aromatic carbocycles. The fourth-order valence-corrected chi connectivity index (χ4v) is 7.35. The molecule has 246 valence electrons. The molecule has 1 amide bonds. The summed E-state index contributed by atoms with van der Waals surface area (Å²) in [6.45, 7) is 0. The maximum absolute atomic E-state index is 12.3.